The molecule has 1 amide bonds. The first kappa shape index (κ1) is 11.9. The van der Waals surface area contributed by atoms with E-state index in [2.05, 4.69) is 18.7 Å². The molecule has 92 valence electrons. The van der Waals surface area contributed by atoms with E-state index in [4.69, 9.17) is 5.73 Å². The van der Waals surface area contributed by atoms with Crippen LogP contribution in [0.15, 0.2) is 0 Å². The molecule has 0 radical (unpaired) electrons. The van der Waals surface area contributed by atoms with Crippen LogP contribution in [0, 0.1) is 11.3 Å². The standard InChI is InChI=1S/C13H24N2O/c1-13(2)7-3-4-11(13)12(16)15(9-8-14)10-5-6-10/h10-11H,3-9,14H2,1-2H3. The fourth-order valence-electron chi connectivity index (χ4n) is 2.98. The van der Waals surface area contributed by atoms with Crippen molar-refractivity contribution in [1.29, 1.82) is 0 Å². The molecule has 0 saturated heterocycles. The van der Waals surface area contributed by atoms with Gasteiger partial charge in [-0.2, -0.15) is 0 Å². The molecule has 1 atom stereocenters. The van der Waals surface area contributed by atoms with Crippen molar-refractivity contribution in [2.45, 2.75) is 52.0 Å². The number of carbonyl (C=O) groups excluding carboxylic acids is 1. The van der Waals surface area contributed by atoms with Gasteiger partial charge in [0, 0.05) is 25.0 Å². The van der Waals surface area contributed by atoms with Crippen LogP contribution in [-0.4, -0.2) is 29.9 Å². The smallest absolute Gasteiger partial charge is 0.226 e. The van der Waals surface area contributed by atoms with E-state index in [1.165, 1.54) is 25.7 Å². The Labute approximate surface area is 98.4 Å². The van der Waals surface area contributed by atoms with Gasteiger partial charge in [-0.1, -0.05) is 20.3 Å². The molecule has 1 unspecified atom stereocenters. The molecule has 2 aliphatic carbocycles. The van der Waals surface area contributed by atoms with Gasteiger partial charge in [-0.25, -0.2) is 0 Å². The van der Waals surface area contributed by atoms with Crippen molar-refractivity contribution in [3.05, 3.63) is 0 Å². The van der Waals surface area contributed by atoms with E-state index in [1.54, 1.807) is 0 Å². The van der Waals surface area contributed by atoms with Crippen LogP contribution in [0.1, 0.15) is 46.0 Å². The van der Waals surface area contributed by atoms with Crippen molar-refractivity contribution >= 4 is 5.91 Å². The van der Waals surface area contributed by atoms with Crippen molar-refractivity contribution in [3.8, 4) is 0 Å². The predicted molar refractivity (Wildman–Crippen MR) is 64.9 cm³/mol. The summed E-state index contributed by atoms with van der Waals surface area (Å²) in [5.41, 5.74) is 5.80. The van der Waals surface area contributed by atoms with Crippen LogP contribution in [-0.2, 0) is 4.79 Å². The first-order valence-corrected chi connectivity index (χ1v) is 6.57. The highest BCUT2D eigenvalue weighted by Crippen LogP contribution is 2.44. The van der Waals surface area contributed by atoms with Gasteiger partial charge in [0.1, 0.15) is 0 Å². The summed E-state index contributed by atoms with van der Waals surface area (Å²) in [7, 11) is 0. The Hall–Kier alpha value is -0.570. The zero-order chi connectivity index (χ0) is 11.8. The molecule has 3 heteroatoms. The molecule has 0 aromatic heterocycles. The van der Waals surface area contributed by atoms with Crippen LogP contribution in [0.2, 0.25) is 0 Å². The summed E-state index contributed by atoms with van der Waals surface area (Å²) in [6, 6.07) is 0.507. The molecule has 2 saturated carbocycles. The fourth-order valence-corrected chi connectivity index (χ4v) is 2.98. The van der Waals surface area contributed by atoms with Gasteiger partial charge in [0.15, 0.2) is 0 Å². The Balaban J connectivity index is 2.04. The van der Waals surface area contributed by atoms with Gasteiger partial charge in [-0.3, -0.25) is 4.79 Å². The summed E-state index contributed by atoms with van der Waals surface area (Å²) in [6.07, 6.45) is 5.81. The number of nitrogens with zero attached hydrogens (tertiary/aromatic N) is 1. The van der Waals surface area contributed by atoms with Crippen LogP contribution < -0.4 is 5.73 Å². The lowest BCUT2D eigenvalue weighted by Gasteiger charge is -2.32. The normalized spacial score (nSPS) is 28.1. The molecular weight excluding hydrogens is 200 g/mol. The number of amides is 1. The van der Waals surface area contributed by atoms with E-state index >= 15 is 0 Å². The highest BCUT2D eigenvalue weighted by Gasteiger charge is 2.43. The lowest BCUT2D eigenvalue weighted by atomic mass is 9.81. The number of rotatable bonds is 4. The Morgan fingerprint density at radius 2 is 2.06 bits per heavy atom. The summed E-state index contributed by atoms with van der Waals surface area (Å²) < 4.78 is 0. The molecule has 2 fully saturated rings. The molecule has 2 N–H and O–H groups in total. The second-order valence-corrected chi connectivity index (χ2v) is 5.98. The van der Waals surface area contributed by atoms with Crippen molar-refractivity contribution < 1.29 is 4.79 Å². The minimum absolute atomic E-state index is 0.193. The molecule has 0 bridgehead atoms. The largest absolute Gasteiger partial charge is 0.338 e. The van der Waals surface area contributed by atoms with Gasteiger partial charge in [-0.05, 0) is 31.1 Å². The van der Waals surface area contributed by atoms with Crippen LogP contribution in [0.25, 0.3) is 0 Å². The van der Waals surface area contributed by atoms with Crippen LogP contribution in [0.4, 0.5) is 0 Å². The van der Waals surface area contributed by atoms with Gasteiger partial charge in [-0.15, -0.1) is 0 Å². The Bertz CT molecular complexity index is 271. The van der Waals surface area contributed by atoms with E-state index in [9.17, 15) is 4.79 Å². The Morgan fingerprint density at radius 3 is 2.50 bits per heavy atom. The molecule has 0 heterocycles. The Kier molecular flexibility index (Phi) is 3.24. The number of carbonyl (C=O) groups is 1. The van der Waals surface area contributed by atoms with Crippen molar-refractivity contribution in [2.75, 3.05) is 13.1 Å². The summed E-state index contributed by atoms with van der Waals surface area (Å²) in [5.74, 6) is 0.607. The number of nitrogens with two attached hydrogens (primary N) is 1. The lowest BCUT2D eigenvalue weighted by Crippen LogP contribution is -2.43. The van der Waals surface area contributed by atoms with E-state index in [1.807, 2.05) is 0 Å². The third kappa shape index (κ3) is 2.24. The zero-order valence-electron chi connectivity index (χ0n) is 10.5. The SMILES string of the molecule is CC1(C)CCCC1C(=O)N(CCN)C1CC1. The zero-order valence-corrected chi connectivity index (χ0v) is 10.5. The van der Waals surface area contributed by atoms with Crippen molar-refractivity contribution in [1.82, 2.24) is 4.90 Å². The quantitative estimate of drug-likeness (QED) is 0.791. The molecular formula is C13H24N2O. The third-order valence-electron chi connectivity index (χ3n) is 4.20. The average molecular weight is 224 g/mol. The number of hydrogen-bond acceptors (Lipinski definition) is 2. The van der Waals surface area contributed by atoms with Crippen LogP contribution >= 0.6 is 0 Å². The molecule has 16 heavy (non-hydrogen) atoms. The minimum atomic E-state index is 0.193. The van der Waals surface area contributed by atoms with Crippen molar-refractivity contribution in [2.24, 2.45) is 17.1 Å². The first-order chi connectivity index (χ1) is 7.56. The van der Waals surface area contributed by atoms with Gasteiger partial charge >= 0.3 is 0 Å². The maximum Gasteiger partial charge on any atom is 0.226 e. The predicted octanol–water partition coefficient (Wildman–Crippen LogP) is 1.76. The fraction of sp³-hybridized carbons (Fsp3) is 0.923. The molecule has 2 aliphatic rings. The van der Waals surface area contributed by atoms with E-state index in [0.717, 1.165) is 13.0 Å². The molecule has 2 rings (SSSR count). The summed E-state index contributed by atoms with van der Waals surface area (Å²) in [4.78, 5) is 14.6. The highest BCUT2D eigenvalue weighted by atomic mass is 16.2. The summed E-state index contributed by atoms with van der Waals surface area (Å²) >= 11 is 0. The van der Waals surface area contributed by atoms with Crippen LogP contribution in [0.3, 0.4) is 0 Å². The molecule has 0 aliphatic heterocycles. The topological polar surface area (TPSA) is 46.3 Å². The van der Waals surface area contributed by atoms with Gasteiger partial charge in [0.25, 0.3) is 0 Å². The van der Waals surface area contributed by atoms with E-state index in [0.29, 0.717) is 18.5 Å². The average Bonchev–Trinajstić information content (AvgIpc) is 2.98. The third-order valence-corrected chi connectivity index (χ3v) is 4.20. The van der Waals surface area contributed by atoms with Crippen LogP contribution in [0.5, 0.6) is 0 Å². The summed E-state index contributed by atoms with van der Waals surface area (Å²) in [6.45, 7) is 5.80. The van der Waals surface area contributed by atoms with Gasteiger partial charge in [0.2, 0.25) is 5.91 Å². The maximum atomic E-state index is 12.5. The minimum Gasteiger partial charge on any atom is -0.338 e. The van der Waals surface area contributed by atoms with E-state index in [-0.39, 0.29) is 11.3 Å². The molecule has 0 aromatic carbocycles. The van der Waals surface area contributed by atoms with Crippen molar-refractivity contribution in [3.63, 3.8) is 0 Å². The second kappa shape index (κ2) is 4.36. The van der Waals surface area contributed by atoms with E-state index < -0.39 is 0 Å². The molecule has 3 nitrogen and oxygen atoms in total. The lowest BCUT2D eigenvalue weighted by molar-refractivity contribution is -0.138. The first-order valence-electron chi connectivity index (χ1n) is 6.57. The number of hydrogen-bond donors (Lipinski definition) is 1. The highest BCUT2D eigenvalue weighted by molar-refractivity contribution is 5.80. The molecule has 0 spiro atoms. The summed E-state index contributed by atoms with van der Waals surface area (Å²) in [5, 5.41) is 0. The van der Waals surface area contributed by atoms with Gasteiger partial charge in [0.05, 0.1) is 0 Å². The van der Waals surface area contributed by atoms with Gasteiger partial charge < -0.3 is 10.6 Å². The monoisotopic (exact) mass is 224 g/mol. The Morgan fingerprint density at radius 1 is 1.38 bits per heavy atom. The molecule has 0 aromatic rings. The maximum absolute atomic E-state index is 12.5. The second-order valence-electron chi connectivity index (χ2n) is 5.98.